The molecule has 2 nitrogen and oxygen atoms in total. The van der Waals surface area contributed by atoms with Crippen LogP contribution in [0.25, 0.3) is 0 Å². The molecule has 0 saturated carbocycles. The second kappa shape index (κ2) is 9.24. The van der Waals surface area contributed by atoms with Gasteiger partial charge in [0.05, 0.1) is 0 Å². The molecule has 0 spiro atoms. The third kappa shape index (κ3) is 5.88. The SMILES string of the molecule is CCOC(=O)/C=C/C(Cc1ccccc1)[Se]c1ccccc1. The van der Waals surface area contributed by atoms with E-state index in [4.69, 9.17) is 4.74 Å². The quantitative estimate of drug-likeness (QED) is 0.431. The van der Waals surface area contributed by atoms with Crippen LogP contribution in [0.3, 0.4) is 0 Å². The summed E-state index contributed by atoms with van der Waals surface area (Å²) in [4.78, 5) is 11.9. The van der Waals surface area contributed by atoms with Gasteiger partial charge in [0.25, 0.3) is 0 Å². The molecule has 0 aromatic heterocycles. The predicted octanol–water partition coefficient (Wildman–Crippen LogP) is 3.17. The Hall–Kier alpha value is -1.83. The Morgan fingerprint density at radius 3 is 2.36 bits per heavy atom. The van der Waals surface area contributed by atoms with Crippen LogP contribution < -0.4 is 4.46 Å². The van der Waals surface area contributed by atoms with E-state index in [1.165, 1.54) is 10.0 Å². The summed E-state index contributed by atoms with van der Waals surface area (Å²) in [5.41, 5.74) is 1.29. The van der Waals surface area contributed by atoms with Gasteiger partial charge in [-0.05, 0) is 0 Å². The fraction of sp³-hybridized carbons (Fsp3) is 0.211. The molecule has 0 fully saturated rings. The van der Waals surface area contributed by atoms with Gasteiger partial charge in [0, 0.05) is 0 Å². The average molecular weight is 359 g/mol. The topological polar surface area (TPSA) is 26.3 Å². The summed E-state index contributed by atoms with van der Waals surface area (Å²) in [5, 5.41) is 0. The van der Waals surface area contributed by atoms with Gasteiger partial charge >= 0.3 is 138 Å². The van der Waals surface area contributed by atoms with E-state index >= 15 is 0 Å². The van der Waals surface area contributed by atoms with E-state index in [2.05, 4.69) is 48.5 Å². The number of benzene rings is 2. The van der Waals surface area contributed by atoms with Crippen molar-refractivity contribution in [2.45, 2.75) is 18.2 Å². The van der Waals surface area contributed by atoms with Crippen LogP contribution in [0.15, 0.2) is 72.8 Å². The minimum absolute atomic E-state index is 0.260. The first-order valence-electron chi connectivity index (χ1n) is 7.38. The molecule has 1 atom stereocenters. The van der Waals surface area contributed by atoms with Crippen molar-refractivity contribution >= 4 is 25.4 Å². The first-order chi connectivity index (χ1) is 10.8. The van der Waals surface area contributed by atoms with E-state index in [0.717, 1.165) is 6.42 Å². The van der Waals surface area contributed by atoms with Gasteiger partial charge < -0.3 is 0 Å². The van der Waals surface area contributed by atoms with Gasteiger partial charge in [-0.3, -0.25) is 0 Å². The van der Waals surface area contributed by atoms with Crippen molar-refractivity contribution in [3.8, 4) is 0 Å². The van der Waals surface area contributed by atoms with Crippen molar-refractivity contribution in [1.82, 2.24) is 0 Å². The number of carbonyl (C=O) groups excluding carboxylic acids is 1. The molecule has 22 heavy (non-hydrogen) atoms. The van der Waals surface area contributed by atoms with Gasteiger partial charge in [-0.2, -0.15) is 0 Å². The fourth-order valence-electron chi connectivity index (χ4n) is 2.05. The van der Waals surface area contributed by atoms with Crippen LogP contribution in [0.5, 0.6) is 0 Å². The van der Waals surface area contributed by atoms with Crippen LogP contribution in [-0.2, 0) is 16.0 Å². The molecule has 0 aliphatic carbocycles. The van der Waals surface area contributed by atoms with Crippen molar-refractivity contribution in [2.75, 3.05) is 6.61 Å². The van der Waals surface area contributed by atoms with Gasteiger partial charge in [-0.15, -0.1) is 0 Å². The van der Waals surface area contributed by atoms with E-state index in [-0.39, 0.29) is 20.9 Å². The van der Waals surface area contributed by atoms with Crippen LogP contribution in [-0.4, -0.2) is 27.5 Å². The summed E-state index contributed by atoms with van der Waals surface area (Å²) in [7, 11) is 0. The van der Waals surface area contributed by atoms with Crippen LogP contribution in [0, 0.1) is 0 Å². The van der Waals surface area contributed by atoms with E-state index in [0.29, 0.717) is 11.4 Å². The van der Waals surface area contributed by atoms with E-state index in [9.17, 15) is 4.79 Å². The molecular formula is C19H20O2Se. The Morgan fingerprint density at radius 2 is 1.73 bits per heavy atom. The first kappa shape index (κ1) is 16.5. The Morgan fingerprint density at radius 1 is 1.09 bits per heavy atom. The van der Waals surface area contributed by atoms with E-state index in [1.807, 2.05) is 25.1 Å². The molecule has 114 valence electrons. The van der Waals surface area contributed by atoms with Gasteiger partial charge in [0.2, 0.25) is 0 Å². The summed E-state index contributed by atoms with van der Waals surface area (Å²) in [6.07, 6.45) is 4.51. The van der Waals surface area contributed by atoms with Crippen LogP contribution in [0.4, 0.5) is 0 Å². The molecular weight excluding hydrogens is 339 g/mol. The first-order valence-corrected chi connectivity index (χ1v) is 9.23. The number of hydrogen-bond acceptors (Lipinski definition) is 2. The zero-order valence-electron chi connectivity index (χ0n) is 12.6. The number of carbonyl (C=O) groups is 1. The number of allylic oxidation sites excluding steroid dienone is 1. The number of rotatable bonds is 7. The minimum atomic E-state index is -0.260. The van der Waals surface area contributed by atoms with Crippen molar-refractivity contribution in [3.63, 3.8) is 0 Å². The number of esters is 1. The van der Waals surface area contributed by atoms with E-state index in [1.54, 1.807) is 6.08 Å². The molecule has 0 amide bonds. The molecule has 1 unspecified atom stereocenters. The zero-order valence-corrected chi connectivity index (χ0v) is 14.4. The molecule has 0 aliphatic heterocycles. The van der Waals surface area contributed by atoms with Crippen LogP contribution in [0.1, 0.15) is 12.5 Å². The molecule has 0 aliphatic rings. The molecule has 0 bridgehead atoms. The molecule has 3 heteroatoms. The summed E-state index contributed by atoms with van der Waals surface area (Å²) >= 11 is 0.278. The summed E-state index contributed by atoms with van der Waals surface area (Å²) in [6, 6.07) is 20.8. The van der Waals surface area contributed by atoms with Crippen LogP contribution in [0.2, 0.25) is 4.82 Å². The zero-order chi connectivity index (χ0) is 15.6. The second-order valence-corrected chi connectivity index (χ2v) is 7.52. The third-order valence-electron chi connectivity index (χ3n) is 3.04. The second-order valence-electron chi connectivity index (χ2n) is 4.77. The van der Waals surface area contributed by atoms with Crippen molar-refractivity contribution in [3.05, 3.63) is 78.4 Å². The molecule has 0 N–H and O–H groups in total. The Balaban J connectivity index is 2.08. The molecule has 2 aromatic rings. The maximum absolute atomic E-state index is 11.6. The molecule has 0 saturated heterocycles. The normalized spacial score (nSPS) is 12.2. The molecule has 2 aromatic carbocycles. The van der Waals surface area contributed by atoms with Gasteiger partial charge in [0.15, 0.2) is 0 Å². The summed E-state index contributed by atoms with van der Waals surface area (Å²) in [6.45, 7) is 2.23. The van der Waals surface area contributed by atoms with Crippen molar-refractivity contribution < 1.29 is 9.53 Å². The van der Waals surface area contributed by atoms with Gasteiger partial charge in [0.1, 0.15) is 0 Å². The van der Waals surface area contributed by atoms with Gasteiger partial charge in [-0.25, -0.2) is 0 Å². The third-order valence-corrected chi connectivity index (χ3v) is 5.50. The summed E-state index contributed by atoms with van der Waals surface area (Å²) in [5.74, 6) is -0.260. The van der Waals surface area contributed by atoms with Gasteiger partial charge in [-0.1, -0.05) is 0 Å². The fourth-order valence-corrected chi connectivity index (χ4v) is 4.35. The Labute approximate surface area is 138 Å². The van der Waals surface area contributed by atoms with Crippen molar-refractivity contribution in [1.29, 1.82) is 0 Å². The number of hydrogen-bond donors (Lipinski definition) is 0. The molecule has 2 rings (SSSR count). The standard InChI is InChI=1S/C19H20O2Se/c1-2-21-19(20)14-13-18(15-16-9-5-3-6-10-16)22-17-11-7-4-8-12-17/h3-14,18H,2,15H2,1H3/b14-13+. The number of ether oxygens (including phenoxy) is 1. The monoisotopic (exact) mass is 360 g/mol. The predicted molar refractivity (Wildman–Crippen MR) is 91.5 cm³/mol. The van der Waals surface area contributed by atoms with Crippen LogP contribution >= 0.6 is 0 Å². The molecule has 0 heterocycles. The Bertz CT molecular complexity index is 552. The maximum atomic E-state index is 11.6. The van der Waals surface area contributed by atoms with Crippen molar-refractivity contribution in [2.24, 2.45) is 0 Å². The average Bonchev–Trinajstić information content (AvgIpc) is 2.55. The summed E-state index contributed by atoms with van der Waals surface area (Å²) < 4.78 is 6.31. The van der Waals surface area contributed by atoms with E-state index < -0.39 is 0 Å². The molecule has 0 radical (unpaired) electrons. The Kier molecular flexibility index (Phi) is 6.95.